The number of nitrogens with one attached hydrogen (secondary N) is 4. The van der Waals surface area contributed by atoms with Gasteiger partial charge in [-0.25, -0.2) is 41.6 Å². The second kappa shape index (κ2) is 17.6. The zero-order valence-corrected chi connectivity index (χ0v) is 32.1. The number of hydrogen-bond donors (Lipinski definition) is 4. The van der Waals surface area contributed by atoms with E-state index in [1.807, 2.05) is 0 Å². The van der Waals surface area contributed by atoms with Crippen molar-refractivity contribution in [2.24, 2.45) is 11.8 Å². The van der Waals surface area contributed by atoms with Crippen molar-refractivity contribution in [3.63, 3.8) is 0 Å². The third-order valence-corrected chi connectivity index (χ3v) is 11.2. The molecule has 4 N–H and O–H groups in total. The fraction of sp³-hybridized carbons (Fsp3) is 0.382. The molecule has 56 heavy (non-hydrogen) atoms. The molecule has 4 aromatic rings. The number of benzene rings is 2. The van der Waals surface area contributed by atoms with E-state index in [2.05, 4.69) is 40.0 Å². The molecule has 296 valence electrons. The van der Waals surface area contributed by atoms with Crippen LogP contribution in [0.15, 0.2) is 36.4 Å². The number of Topliss-reactive ketones (excluding diaryl/α,β-unsaturated/α-hetero) is 2. The number of halogens is 2. The van der Waals surface area contributed by atoms with Crippen LogP contribution in [-0.2, 0) is 32.6 Å². The first-order valence-electron chi connectivity index (χ1n) is 17.4. The van der Waals surface area contributed by atoms with Crippen molar-refractivity contribution in [1.82, 2.24) is 23.2 Å². The van der Waals surface area contributed by atoms with E-state index < -0.39 is 52.7 Å². The van der Waals surface area contributed by atoms with Crippen molar-refractivity contribution in [1.29, 1.82) is 0 Å². The van der Waals surface area contributed by atoms with Crippen LogP contribution >= 0.6 is 23.1 Å². The van der Waals surface area contributed by atoms with E-state index in [4.69, 9.17) is 4.84 Å². The summed E-state index contributed by atoms with van der Waals surface area (Å²) >= 11 is 1.41. The van der Waals surface area contributed by atoms with Crippen LogP contribution in [0.4, 0.5) is 40.0 Å². The second-order valence-electron chi connectivity index (χ2n) is 13.1. The first-order chi connectivity index (χ1) is 26.7. The van der Waals surface area contributed by atoms with Gasteiger partial charge in [0, 0.05) is 46.0 Å². The van der Waals surface area contributed by atoms with Crippen molar-refractivity contribution in [3.05, 3.63) is 70.8 Å². The Bertz CT molecular complexity index is 2260. The molecule has 2 saturated carbocycles. The van der Waals surface area contributed by atoms with Gasteiger partial charge >= 0.3 is 18.0 Å². The minimum atomic E-state index is -4.19. The molecule has 22 heteroatoms. The third kappa shape index (κ3) is 10.5. The maximum atomic E-state index is 14.0. The van der Waals surface area contributed by atoms with Crippen LogP contribution in [0.2, 0.25) is 0 Å². The lowest BCUT2D eigenvalue weighted by molar-refractivity contribution is -0.170. The highest BCUT2D eigenvalue weighted by Gasteiger charge is 2.29. The van der Waals surface area contributed by atoms with Crippen LogP contribution in [0, 0.1) is 23.5 Å². The number of nitrogens with zero attached hydrogens (tertiary/aromatic N) is 5. The van der Waals surface area contributed by atoms with Gasteiger partial charge in [-0.2, -0.15) is 8.75 Å². The van der Waals surface area contributed by atoms with Crippen molar-refractivity contribution < 1.29 is 46.0 Å². The van der Waals surface area contributed by atoms with E-state index in [0.29, 0.717) is 53.2 Å². The summed E-state index contributed by atoms with van der Waals surface area (Å²) in [6.45, 7) is -0.630. The molecule has 2 fully saturated rings. The Kier molecular flexibility index (Phi) is 12.7. The summed E-state index contributed by atoms with van der Waals surface area (Å²) in [6.07, 6.45) is 6.49. The number of hydroxylamine groups is 1. The summed E-state index contributed by atoms with van der Waals surface area (Å²) in [4.78, 5) is 77.5. The molecule has 2 aromatic carbocycles. The standard InChI is InChI=1S/C34H35F2N9O8S3/c1-56(51,52)45(17-27-40-34(55-44-27)42-32(50)38-25-13-11-21(36)15-23(25)30(48)19-8-4-5-9-19)53-28(46)16-26-39-33(54-43-26)41-31(49)37-24-12-10-20(35)14-22(24)29(47)18-6-2-3-7-18/h10-15,18-19H,2-9,16-17H2,1H3,(H2,37,39,41,43,49)(H2,38,40,42,44,50). The van der Waals surface area contributed by atoms with E-state index >= 15 is 0 Å². The Hall–Kier alpha value is -5.32. The van der Waals surface area contributed by atoms with Crippen molar-refractivity contribution in [3.8, 4) is 0 Å². The Morgan fingerprint density at radius 1 is 0.732 bits per heavy atom. The number of aromatic nitrogens is 4. The quantitative estimate of drug-likeness (QED) is 0.0826. The molecule has 0 spiro atoms. The van der Waals surface area contributed by atoms with Crippen LogP contribution in [0.25, 0.3) is 0 Å². The Labute approximate surface area is 327 Å². The number of amides is 4. The highest BCUT2D eigenvalue weighted by atomic mass is 32.2. The molecule has 0 radical (unpaired) electrons. The molecule has 0 atom stereocenters. The number of carbonyl (C=O) groups is 5. The van der Waals surface area contributed by atoms with Gasteiger partial charge in [0.25, 0.3) is 0 Å². The Balaban J connectivity index is 1.02. The summed E-state index contributed by atoms with van der Waals surface area (Å²) in [5, 5.41) is 9.80. The van der Waals surface area contributed by atoms with Crippen LogP contribution in [0.5, 0.6) is 0 Å². The largest absolute Gasteiger partial charge is 0.352 e. The van der Waals surface area contributed by atoms with Gasteiger partial charge in [0.1, 0.15) is 24.6 Å². The van der Waals surface area contributed by atoms with Crippen molar-refractivity contribution in [2.45, 2.75) is 64.3 Å². The molecule has 0 unspecified atom stereocenters. The zero-order valence-electron chi connectivity index (χ0n) is 29.7. The van der Waals surface area contributed by atoms with Crippen LogP contribution in [-0.4, -0.2) is 67.5 Å². The number of ketones is 2. The molecule has 17 nitrogen and oxygen atoms in total. The van der Waals surface area contributed by atoms with E-state index in [0.717, 1.165) is 56.2 Å². The van der Waals surface area contributed by atoms with Gasteiger partial charge in [-0.3, -0.25) is 20.2 Å². The second-order valence-corrected chi connectivity index (χ2v) is 16.5. The fourth-order valence-electron chi connectivity index (χ4n) is 6.33. The topological polar surface area (TPSA) is 232 Å². The molecular weight excluding hydrogens is 797 g/mol. The van der Waals surface area contributed by atoms with Crippen LogP contribution in [0.1, 0.15) is 83.7 Å². The minimum Gasteiger partial charge on any atom is -0.352 e. The highest BCUT2D eigenvalue weighted by Crippen LogP contribution is 2.32. The number of hydrogen-bond acceptors (Lipinski definition) is 14. The average molecular weight is 832 g/mol. The smallest absolute Gasteiger partial charge is 0.334 e. The van der Waals surface area contributed by atoms with E-state index in [1.165, 1.54) is 12.1 Å². The summed E-state index contributed by atoms with van der Waals surface area (Å²) in [5.74, 6) is -3.60. The molecule has 0 aliphatic heterocycles. The molecule has 0 bridgehead atoms. The van der Waals surface area contributed by atoms with Gasteiger partial charge in [-0.15, -0.1) is 0 Å². The molecule has 0 saturated heterocycles. The lowest BCUT2D eigenvalue weighted by Crippen LogP contribution is -2.33. The molecule has 2 aliphatic carbocycles. The summed E-state index contributed by atoms with van der Waals surface area (Å²) in [7, 11) is -4.19. The van der Waals surface area contributed by atoms with Crippen LogP contribution < -0.4 is 21.3 Å². The molecule has 2 aliphatic rings. The monoisotopic (exact) mass is 831 g/mol. The highest BCUT2D eigenvalue weighted by molar-refractivity contribution is 7.88. The van der Waals surface area contributed by atoms with Gasteiger partial charge in [-0.1, -0.05) is 25.7 Å². The minimum absolute atomic E-state index is 0.0390. The van der Waals surface area contributed by atoms with Gasteiger partial charge in [0.2, 0.25) is 20.3 Å². The van der Waals surface area contributed by atoms with Crippen molar-refractivity contribution in [2.75, 3.05) is 27.5 Å². The first-order valence-corrected chi connectivity index (χ1v) is 20.8. The Morgan fingerprint density at radius 3 is 1.64 bits per heavy atom. The summed E-state index contributed by atoms with van der Waals surface area (Å²) in [5.41, 5.74) is 0.317. The number of anilines is 4. The predicted octanol–water partition coefficient (Wildman–Crippen LogP) is 6.16. The molecule has 6 rings (SSSR count). The van der Waals surface area contributed by atoms with Crippen LogP contribution in [0.3, 0.4) is 0 Å². The Morgan fingerprint density at radius 2 is 1.18 bits per heavy atom. The normalized spacial score (nSPS) is 14.8. The summed E-state index contributed by atoms with van der Waals surface area (Å²) in [6, 6.07) is 5.33. The lowest BCUT2D eigenvalue weighted by atomic mass is 9.95. The van der Waals surface area contributed by atoms with Gasteiger partial charge in [-0.05, 0) is 66.6 Å². The SMILES string of the molecule is CS(=O)(=O)N(Cc1nsc(NC(=O)Nc2ccc(F)cc2C(=O)C2CCCC2)n1)OC(=O)Cc1nsc(NC(=O)Nc2ccc(F)cc2C(=O)C2CCCC2)n1. The van der Waals surface area contributed by atoms with Crippen molar-refractivity contribution >= 4 is 84.3 Å². The number of carbonyl (C=O) groups excluding carboxylic acids is 5. The van der Waals surface area contributed by atoms with E-state index in [1.54, 1.807) is 0 Å². The predicted molar refractivity (Wildman–Crippen MR) is 201 cm³/mol. The average Bonchev–Trinajstić information content (AvgIpc) is 3.98. The maximum Gasteiger partial charge on any atom is 0.334 e. The molecule has 2 aromatic heterocycles. The fourth-order valence-corrected chi connectivity index (χ4v) is 8.05. The molecule has 2 heterocycles. The molecular formula is C34H35F2N9O8S3. The van der Waals surface area contributed by atoms with Gasteiger partial charge < -0.3 is 15.5 Å². The number of sulfonamides is 1. The van der Waals surface area contributed by atoms with E-state index in [-0.39, 0.29) is 67.8 Å². The lowest BCUT2D eigenvalue weighted by Gasteiger charge is -2.16. The van der Waals surface area contributed by atoms with E-state index in [9.17, 15) is 41.2 Å². The number of rotatable bonds is 14. The maximum absolute atomic E-state index is 14.0. The van der Waals surface area contributed by atoms with Gasteiger partial charge in [0.05, 0.1) is 17.6 Å². The van der Waals surface area contributed by atoms with Gasteiger partial charge in [0.15, 0.2) is 23.2 Å². The number of urea groups is 2. The third-order valence-electron chi connectivity index (χ3n) is 8.97. The zero-order chi connectivity index (χ0) is 40.0. The summed E-state index contributed by atoms with van der Waals surface area (Å²) < 4.78 is 61.3. The first kappa shape index (κ1) is 40.3. The molecule has 4 amide bonds.